The highest BCUT2D eigenvalue weighted by Gasteiger charge is 2.18. The summed E-state index contributed by atoms with van der Waals surface area (Å²) in [5, 5.41) is 5.44. The Kier molecular flexibility index (Phi) is 5.71. The molecule has 2 aromatic rings. The first-order valence-corrected chi connectivity index (χ1v) is 7.99. The van der Waals surface area contributed by atoms with Crippen LogP contribution >= 0.6 is 0 Å². The highest BCUT2D eigenvalue weighted by Crippen LogP contribution is 2.13. The van der Waals surface area contributed by atoms with Gasteiger partial charge in [0.1, 0.15) is 11.4 Å². The summed E-state index contributed by atoms with van der Waals surface area (Å²) in [5.41, 5.74) is 0.567. The average Bonchev–Trinajstić information content (AvgIpc) is 2.60. The number of ether oxygens (including phenoxy) is 1. The van der Waals surface area contributed by atoms with E-state index < -0.39 is 17.4 Å². The van der Waals surface area contributed by atoms with Crippen molar-refractivity contribution in [1.29, 1.82) is 0 Å². The average molecular weight is 355 g/mol. The maximum atomic E-state index is 12.4. The van der Waals surface area contributed by atoms with Gasteiger partial charge in [-0.25, -0.2) is 9.78 Å². The van der Waals surface area contributed by atoms with Gasteiger partial charge in [-0.15, -0.1) is 0 Å². The van der Waals surface area contributed by atoms with Crippen molar-refractivity contribution in [2.24, 2.45) is 0 Å². The zero-order chi connectivity index (χ0) is 19.3. The summed E-state index contributed by atoms with van der Waals surface area (Å²) < 4.78 is 4.65. The molecule has 7 nitrogen and oxygen atoms in total. The summed E-state index contributed by atoms with van der Waals surface area (Å²) in [6.45, 7) is 5.57. The maximum absolute atomic E-state index is 12.4. The number of methoxy groups -OCH3 is 1. The molecule has 0 unspecified atom stereocenters. The van der Waals surface area contributed by atoms with Gasteiger partial charge in [0.15, 0.2) is 0 Å². The Balaban J connectivity index is 2.17. The van der Waals surface area contributed by atoms with Gasteiger partial charge in [0.05, 0.1) is 12.7 Å². The van der Waals surface area contributed by atoms with Crippen molar-refractivity contribution in [2.45, 2.75) is 26.3 Å². The monoisotopic (exact) mass is 355 g/mol. The first-order chi connectivity index (χ1) is 12.2. The van der Waals surface area contributed by atoms with E-state index in [1.807, 2.05) is 20.8 Å². The summed E-state index contributed by atoms with van der Waals surface area (Å²) in [6, 6.07) is 11.0. The molecule has 2 N–H and O–H groups in total. The number of rotatable bonds is 4. The number of esters is 1. The standard InChI is InChI=1S/C19H21N3O4/c1-19(2,3)22-17(24)15-10-6-9-14(21-15)16(23)20-13-8-5-7-12(11-13)18(25)26-4/h5-11H,1-4H3,(H,20,23)(H,22,24). The number of hydrogen-bond acceptors (Lipinski definition) is 5. The number of benzene rings is 1. The minimum absolute atomic E-state index is 0.0926. The van der Waals surface area contributed by atoms with Gasteiger partial charge in [-0.1, -0.05) is 12.1 Å². The van der Waals surface area contributed by atoms with E-state index in [0.717, 1.165) is 0 Å². The Labute approximate surface area is 151 Å². The number of anilines is 1. The maximum Gasteiger partial charge on any atom is 0.337 e. The second kappa shape index (κ2) is 7.77. The number of nitrogens with zero attached hydrogens (tertiary/aromatic N) is 1. The first kappa shape index (κ1) is 19.1. The number of carbonyl (C=O) groups excluding carboxylic acids is 3. The lowest BCUT2D eigenvalue weighted by Gasteiger charge is -2.20. The van der Waals surface area contributed by atoms with Crippen LogP contribution in [0.4, 0.5) is 5.69 Å². The fourth-order valence-corrected chi connectivity index (χ4v) is 2.13. The van der Waals surface area contributed by atoms with Crippen molar-refractivity contribution in [2.75, 3.05) is 12.4 Å². The molecule has 0 saturated heterocycles. The van der Waals surface area contributed by atoms with E-state index in [2.05, 4.69) is 20.4 Å². The molecule has 7 heteroatoms. The van der Waals surface area contributed by atoms with E-state index >= 15 is 0 Å². The molecular weight excluding hydrogens is 334 g/mol. The minimum atomic E-state index is -0.500. The topological polar surface area (TPSA) is 97.4 Å². The summed E-state index contributed by atoms with van der Waals surface area (Å²) in [6.07, 6.45) is 0. The van der Waals surface area contributed by atoms with Gasteiger partial charge < -0.3 is 15.4 Å². The van der Waals surface area contributed by atoms with Gasteiger partial charge in [0.2, 0.25) is 0 Å². The molecule has 1 aromatic heterocycles. The molecule has 136 valence electrons. The van der Waals surface area contributed by atoms with Crippen molar-refractivity contribution >= 4 is 23.5 Å². The molecule has 0 bridgehead atoms. The van der Waals surface area contributed by atoms with E-state index in [1.54, 1.807) is 24.3 Å². The van der Waals surface area contributed by atoms with E-state index in [9.17, 15) is 14.4 Å². The van der Waals surface area contributed by atoms with Crippen LogP contribution in [0.1, 0.15) is 52.1 Å². The number of hydrogen-bond donors (Lipinski definition) is 2. The van der Waals surface area contributed by atoms with Gasteiger partial charge in [-0.05, 0) is 51.1 Å². The van der Waals surface area contributed by atoms with Gasteiger partial charge >= 0.3 is 5.97 Å². The quantitative estimate of drug-likeness (QED) is 0.822. The van der Waals surface area contributed by atoms with Crippen LogP contribution in [0.2, 0.25) is 0 Å². The molecule has 0 atom stereocenters. The molecule has 0 aliphatic rings. The van der Waals surface area contributed by atoms with Crippen LogP contribution in [-0.2, 0) is 4.74 Å². The Bertz CT molecular complexity index is 841. The molecule has 0 fully saturated rings. The second-order valence-electron chi connectivity index (χ2n) is 6.64. The number of aromatic nitrogens is 1. The minimum Gasteiger partial charge on any atom is -0.465 e. The second-order valence-corrected chi connectivity index (χ2v) is 6.64. The van der Waals surface area contributed by atoms with Crippen LogP contribution in [0.3, 0.4) is 0 Å². The predicted molar refractivity (Wildman–Crippen MR) is 97.2 cm³/mol. The molecule has 26 heavy (non-hydrogen) atoms. The Hall–Kier alpha value is -3.22. The predicted octanol–water partition coefficient (Wildman–Crippen LogP) is 2.65. The molecule has 0 saturated carbocycles. The molecular formula is C19H21N3O4. The summed E-state index contributed by atoms with van der Waals surface area (Å²) in [4.78, 5) is 40.3. The molecule has 0 spiro atoms. The van der Waals surface area contributed by atoms with Gasteiger partial charge in [0.25, 0.3) is 11.8 Å². The van der Waals surface area contributed by atoms with Crippen molar-refractivity contribution < 1.29 is 19.1 Å². The van der Waals surface area contributed by atoms with Gasteiger partial charge in [-0.2, -0.15) is 0 Å². The third-order valence-electron chi connectivity index (χ3n) is 3.24. The molecule has 1 heterocycles. The zero-order valence-electron chi connectivity index (χ0n) is 15.1. The number of nitrogens with one attached hydrogen (secondary N) is 2. The Morgan fingerprint density at radius 1 is 0.962 bits per heavy atom. The summed E-state index contributed by atoms with van der Waals surface area (Å²) in [5.74, 6) is -1.35. The summed E-state index contributed by atoms with van der Waals surface area (Å²) >= 11 is 0. The van der Waals surface area contributed by atoms with E-state index in [0.29, 0.717) is 11.3 Å². The van der Waals surface area contributed by atoms with Crippen LogP contribution in [0.25, 0.3) is 0 Å². The first-order valence-electron chi connectivity index (χ1n) is 7.99. The smallest absolute Gasteiger partial charge is 0.337 e. The molecule has 0 radical (unpaired) electrons. The van der Waals surface area contributed by atoms with Crippen LogP contribution in [0.15, 0.2) is 42.5 Å². The number of carbonyl (C=O) groups is 3. The largest absolute Gasteiger partial charge is 0.465 e. The fourth-order valence-electron chi connectivity index (χ4n) is 2.13. The normalized spacial score (nSPS) is 10.8. The van der Waals surface area contributed by atoms with Crippen LogP contribution in [0.5, 0.6) is 0 Å². The van der Waals surface area contributed by atoms with Crippen LogP contribution in [0, 0.1) is 0 Å². The van der Waals surface area contributed by atoms with Crippen molar-refractivity contribution in [1.82, 2.24) is 10.3 Å². The molecule has 0 aliphatic heterocycles. The lowest BCUT2D eigenvalue weighted by atomic mass is 10.1. The molecule has 2 rings (SSSR count). The Morgan fingerprint density at radius 2 is 1.58 bits per heavy atom. The van der Waals surface area contributed by atoms with Crippen molar-refractivity contribution in [3.05, 3.63) is 59.4 Å². The van der Waals surface area contributed by atoms with Crippen LogP contribution in [-0.4, -0.2) is 35.4 Å². The highest BCUT2D eigenvalue weighted by molar-refractivity contribution is 6.04. The molecule has 0 aliphatic carbocycles. The van der Waals surface area contributed by atoms with Crippen LogP contribution < -0.4 is 10.6 Å². The van der Waals surface area contributed by atoms with Gasteiger partial charge in [0, 0.05) is 11.2 Å². The highest BCUT2D eigenvalue weighted by atomic mass is 16.5. The van der Waals surface area contributed by atoms with Crippen molar-refractivity contribution in [3.63, 3.8) is 0 Å². The van der Waals surface area contributed by atoms with Gasteiger partial charge in [-0.3, -0.25) is 9.59 Å². The van der Waals surface area contributed by atoms with E-state index in [1.165, 1.54) is 25.3 Å². The number of amides is 2. The number of pyridine rings is 1. The lowest BCUT2D eigenvalue weighted by Crippen LogP contribution is -2.41. The lowest BCUT2D eigenvalue weighted by molar-refractivity contribution is 0.0600. The summed E-state index contributed by atoms with van der Waals surface area (Å²) in [7, 11) is 1.28. The third-order valence-corrected chi connectivity index (χ3v) is 3.24. The Morgan fingerprint density at radius 3 is 2.19 bits per heavy atom. The van der Waals surface area contributed by atoms with E-state index in [-0.39, 0.29) is 17.3 Å². The molecule has 2 amide bonds. The third kappa shape index (κ3) is 5.14. The SMILES string of the molecule is COC(=O)c1cccc(NC(=O)c2cccc(C(=O)NC(C)(C)C)n2)c1. The van der Waals surface area contributed by atoms with E-state index in [4.69, 9.17) is 0 Å². The fraction of sp³-hybridized carbons (Fsp3) is 0.263. The zero-order valence-corrected chi connectivity index (χ0v) is 15.1. The molecule has 1 aromatic carbocycles. The van der Waals surface area contributed by atoms with Crippen molar-refractivity contribution in [3.8, 4) is 0 Å².